The zero-order valence-corrected chi connectivity index (χ0v) is 27.2. The standard InChI is InChI=1S/C28H27BrFN5O2.C7H7F/c1-13(2)9-21-23(26(31)36)22(24-25(34-21)14(3)33-28(24)37)18-10-17-7-8-35(27(17)32-12-18)15(4)16-5-6-19(29)20(30)11-16;1-6-2-4-7(8)5-3-6/h5-8,10-15H,9H2,1-4H3,(H2,31,36)(H,33,37);2-5H,1H3. The molecule has 0 fully saturated rings. The lowest BCUT2D eigenvalue weighted by molar-refractivity contribution is 0.0959. The zero-order chi connectivity index (χ0) is 32.6. The van der Waals surface area contributed by atoms with Crippen LogP contribution in [0.1, 0.15) is 83.0 Å². The second-order valence-electron chi connectivity index (χ2n) is 11.7. The maximum absolute atomic E-state index is 14.2. The van der Waals surface area contributed by atoms with Gasteiger partial charge in [-0.1, -0.05) is 37.6 Å². The van der Waals surface area contributed by atoms with E-state index < -0.39 is 5.91 Å². The van der Waals surface area contributed by atoms with E-state index in [0.717, 1.165) is 16.5 Å². The van der Waals surface area contributed by atoms with Gasteiger partial charge in [0.25, 0.3) is 11.8 Å². The number of halogens is 3. The van der Waals surface area contributed by atoms with Crippen LogP contribution in [0.4, 0.5) is 8.78 Å². The second-order valence-corrected chi connectivity index (χ2v) is 12.6. The highest BCUT2D eigenvalue weighted by Crippen LogP contribution is 2.38. The Morgan fingerprint density at radius 2 is 1.78 bits per heavy atom. The molecule has 0 saturated heterocycles. The van der Waals surface area contributed by atoms with Crippen molar-refractivity contribution < 1.29 is 18.4 Å². The first-order chi connectivity index (χ1) is 21.3. The van der Waals surface area contributed by atoms with Crippen LogP contribution >= 0.6 is 15.9 Å². The number of carbonyl (C=O) groups excluding carboxylic acids is 2. The van der Waals surface area contributed by atoms with Crippen LogP contribution in [-0.4, -0.2) is 26.3 Å². The summed E-state index contributed by atoms with van der Waals surface area (Å²) in [6, 6.07) is 14.8. The largest absolute Gasteiger partial charge is 0.366 e. The fraction of sp³-hybridized carbons (Fsp3) is 0.257. The van der Waals surface area contributed by atoms with Crippen molar-refractivity contribution >= 4 is 38.8 Å². The summed E-state index contributed by atoms with van der Waals surface area (Å²) in [5, 5.41) is 3.73. The van der Waals surface area contributed by atoms with Gasteiger partial charge in [-0.2, -0.15) is 0 Å². The zero-order valence-electron chi connectivity index (χ0n) is 25.7. The lowest BCUT2D eigenvalue weighted by atomic mass is 9.90. The van der Waals surface area contributed by atoms with Crippen molar-refractivity contribution in [3.05, 3.63) is 117 Å². The molecule has 2 unspecified atom stereocenters. The SMILES string of the molecule is CC(C)Cc1nc2c(c(-c3cnc4c(ccn4C(C)c4ccc(Br)c(F)c4)c3)c1C(N)=O)C(=O)NC2C.Cc1ccc(F)cc1. The van der Waals surface area contributed by atoms with E-state index in [2.05, 4.69) is 21.2 Å². The molecule has 3 N–H and O–H groups in total. The van der Waals surface area contributed by atoms with Gasteiger partial charge in [-0.05, 0) is 91.0 Å². The second kappa shape index (κ2) is 12.9. The Labute approximate surface area is 269 Å². The van der Waals surface area contributed by atoms with Crippen LogP contribution in [0, 0.1) is 24.5 Å². The molecule has 0 aliphatic carbocycles. The van der Waals surface area contributed by atoms with Crippen molar-refractivity contribution in [1.29, 1.82) is 0 Å². The van der Waals surface area contributed by atoms with Gasteiger partial charge in [0.05, 0.1) is 39.1 Å². The van der Waals surface area contributed by atoms with Crippen LogP contribution in [0.15, 0.2) is 71.5 Å². The van der Waals surface area contributed by atoms with E-state index in [1.807, 2.05) is 63.6 Å². The lowest BCUT2D eigenvalue weighted by Gasteiger charge is -2.18. The van der Waals surface area contributed by atoms with E-state index in [9.17, 15) is 18.4 Å². The topological polar surface area (TPSA) is 103 Å². The van der Waals surface area contributed by atoms with Gasteiger partial charge in [0, 0.05) is 28.9 Å². The minimum absolute atomic E-state index is 0.171. The molecule has 4 heterocycles. The van der Waals surface area contributed by atoms with Crippen LogP contribution in [0.25, 0.3) is 22.2 Å². The quantitative estimate of drug-likeness (QED) is 0.192. The molecule has 7 nitrogen and oxygen atoms in total. The Bertz CT molecular complexity index is 1900. The fourth-order valence-corrected chi connectivity index (χ4v) is 5.83. The summed E-state index contributed by atoms with van der Waals surface area (Å²) in [7, 11) is 0. The summed E-state index contributed by atoms with van der Waals surface area (Å²) in [6.07, 6.45) is 4.11. The van der Waals surface area contributed by atoms with E-state index in [-0.39, 0.29) is 41.1 Å². The Morgan fingerprint density at radius 1 is 1.07 bits per heavy atom. The number of primary amides is 1. The van der Waals surface area contributed by atoms with Crippen molar-refractivity contribution in [3.63, 3.8) is 0 Å². The third-order valence-electron chi connectivity index (χ3n) is 7.83. The molecule has 3 aromatic heterocycles. The van der Waals surface area contributed by atoms with Crippen LogP contribution < -0.4 is 11.1 Å². The molecule has 5 aromatic rings. The number of aryl methyl sites for hydroxylation is 1. The van der Waals surface area contributed by atoms with Crippen LogP contribution in [0.2, 0.25) is 0 Å². The lowest BCUT2D eigenvalue weighted by Crippen LogP contribution is -2.20. The molecule has 232 valence electrons. The van der Waals surface area contributed by atoms with Gasteiger partial charge >= 0.3 is 0 Å². The average Bonchev–Trinajstić information content (AvgIpc) is 3.54. The molecule has 10 heteroatoms. The third kappa shape index (κ3) is 6.51. The Hall–Kier alpha value is -4.44. The first kappa shape index (κ1) is 32.0. The summed E-state index contributed by atoms with van der Waals surface area (Å²) in [5.41, 5.74) is 11.4. The van der Waals surface area contributed by atoms with Crippen molar-refractivity contribution in [2.45, 2.75) is 53.1 Å². The van der Waals surface area contributed by atoms with Crippen molar-refractivity contribution in [1.82, 2.24) is 19.9 Å². The monoisotopic (exact) mass is 673 g/mol. The molecule has 45 heavy (non-hydrogen) atoms. The van der Waals surface area contributed by atoms with E-state index >= 15 is 0 Å². The molecule has 0 radical (unpaired) electrons. The molecule has 1 aliphatic heterocycles. The van der Waals surface area contributed by atoms with E-state index in [1.54, 1.807) is 24.4 Å². The average molecular weight is 675 g/mol. The van der Waals surface area contributed by atoms with Crippen LogP contribution in [0.5, 0.6) is 0 Å². The maximum atomic E-state index is 14.2. The number of nitrogens with zero attached hydrogens (tertiary/aromatic N) is 3. The normalized spacial score (nSPS) is 14.6. The van der Waals surface area contributed by atoms with Crippen LogP contribution in [-0.2, 0) is 6.42 Å². The maximum Gasteiger partial charge on any atom is 0.254 e. The molecule has 6 rings (SSSR count). The molecule has 0 bridgehead atoms. The number of benzene rings is 2. The first-order valence-electron chi connectivity index (χ1n) is 14.7. The van der Waals surface area contributed by atoms with Gasteiger partial charge in [0.1, 0.15) is 17.3 Å². The van der Waals surface area contributed by atoms with Gasteiger partial charge in [-0.25, -0.2) is 13.8 Å². The van der Waals surface area contributed by atoms with E-state index in [1.165, 1.54) is 18.2 Å². The molecule has 2 atom stereocenters. The minimum Gasteiger partial charge on any atom is -0.366 e. The summed E-state index contributed by atoms with van der Waals surface area (Å²) < 4.78 is 28.6. The molecule has 2 amide bonds. The number of nitrogens with two attached hydrogens (primary N) is 1. The van der Waals surface area contributed by atoms with Crippen molar-refractivity contribution in [2.24, 2.45) is 11.7 Å². The third-order valence-corrected chi connectivity index (χ3v) is 8.47. The number of nitrogens with one attached hydrogen (secondary N) is 1. The summed E-state index contributed by atoms with van der Waals surface area (Å²) in [5.74, 6) is -1.18. The van der Waals surface area contributed by atoms with Gasteiger partial charge in [-0.3, -0.25) is 14.6 Å². The summed E-state index contributed by atoms with van der Waals surface area (Å²) in [4.78, 5) is 35.2. The molecular formula is C35H34BrF2N5O2. The van der Waals surface area contributed by atoms with Gasteiger partial charge in [-0.15, -0.1) is 0 Å². The highest BCUT2D eigenvalue weighted by Gasteiger charge is 2.35. The van der Waals surface area contributed by atoms with Gasteiger partial charge < -0.3 is 15.6 Å². The molecule has 1 aliphatic rings. The first-order valence-corrected chi connectivity index (χ1v) is 15.5. The van der Waals surface area contributed by atoms with Gasteiger partial charge in [0.15, 0.2) is 0 Å². The predicted octanol–water partition coefficient (Wildman–Crippen LogP) is 7.85. The fourth-order valence-electron chi connectivity index (χ4n) is 5.58. The molecular weight excluding hydrogens is 640 g/mol. The highest BCUT2D eigenvalue weighted by atomic mass is 79.9. The van der Waals surface area contributed by atoms with E-state index in [4.69, 9.17) is 15.7 Å². The molecule has 2 aromatic carbocycles. The number of carbonyl (C=O) groups is 2. The number of pyridine rings is 2. The predicted molar refractivity (Wildman–Crippen MR) is 175 cm³/mol. The number of fused-ring (bicyclic) bond motifs is 2. The van der Waals surface area contributed by atoms with Crippen LogP contribution in [0.3, 0.4) is 0 Å². The summed E-state index contributed by atoms with van der Waals surface area (Å²) >= 11 is 3.20. The molecule has 0 spiro atoms. The van der Waals surface area contributed by atoms with E-state index in [0.29, 0.717) is 44.6 Å². The Balaban J connectivity index is 0.000000436. The number of hydrogen-bond acceptors (Lipinski definition) is 4. The summed E-state index contributed by atoms with van der Waals surface area (Å²) in [6.45, 7) is 9.86. The minimum atomic E-state index is -0.628. The van der Waals surface area contributed by atoms with Crippen molar-refractivity contribution in [2.75, 3.05) is 0 Å². The Morgan fingerprint density at radius 3 is 2.40 bits per heavy atom. The molecule has 0 saturated carbocycles. The number of aromatic nitrogens is 3. The highest BCUT2D eigenvalue weighted by molar-refractivity contribution is 9.10. The Kier molecular flexibility index (Phi) is 9.16. The number of rotatable bonds is 6. The number of amides is 2. The van der Waals surface area contributed by atoms with Crippen molar-refractivity contribution in [3.8, 4) is 11.1 Å². The smallest absolute Gasteiger partial charge is 0.254 e. The number of hydrogen-bond donors (Lipinski definition) is 2. The van der Waals surface area contributed by atoms with Gasteiger partial charge in [0.2, 0.25) is 0 Å².